The Labute approximate surface area is 178 Å². The van der Waals surface area contributed by atoms with E-state index < -0.39 is 17.0 Å². The third-order valence-electron chi connectivity index (χ3n) is 10.3. The van der Waals surface area contributed by atoms with Gasteiger partial charge in [0.15, 0.2) is 6.61 Å². The minimum absolute atomic E-state index is 0.00150. The van der Waals surface area contributed by atoms with Gasteiger partial charge in [-0.15, -0.1) is 0 Å². The van der Waals surface area contributed by atoms with Crippen LogP contribution in [0.25, 0.3) is 0 Å². The molecular formula is C24H34O6. The lowest BCUT2D eigenvalue weighted by atomic mass is 9.44. The van der Waals surface area contributed by atoms with Crippen LogP contribution in [0.2, 0.25) is 0 Å². The largest absolute Gasteiger partial charge is 0.458 e. The number of epoxide rings is 1. The molecule has 6 nitrogen and oxygen atoms in total. The summed E-state index contributed by atoms with van der Waals surface area (Å²) in [6.07, 6.45) is 5.67. The second-order valence-electron chi connectivity index (χ2n) is 11.3. The minimum atomic E-state index is -1.51. The number of fused-ring (bicyclic) bond motifs is 3. The maximum Gasteiger partial charge on any atom is 0.303 e. The summed E-state index contributed by atoms with van der Waals surface area (Å²) in [6, 6.07) is 0. The molecule has 9 atom stereocenters. The highest BCUT2D eigenvalue weighted by atomic mass is 16.6. The van der Waals surface area contributed by atoms with Gasteiger partial charge in [0.05, 0.1) is 6.10 Å². The molecule has 0 aromatic heterocycles. The van der Waals surface area contributed by atoms with Crippen molar-refractivity contribution in [1.82, 2.24) is 0 Å². The zero-order valence-electron chi connectivity index (χ0n) is 18.5. The lowest BCUT2D eigenvalue weighted by Crippen LogP contribution is -2.64. The molecule has 1 aliphatic heterocycles. The molecule has 5 aliphatic rings. The van der Waals surface area contributed by atoms with Crippen molar-refractivity contribution in [3.8, 4) is 0 Å². The molecule has 2 unspecified atom stereocenters. The van der Waals surface area contributed by atoms with E-state index in [0.717, 1.165) is 25.7 Å². The monoisotopic (exact) mass is 418 g/mol. The van der Waals surface area contributed by atoms with Gasteiger partial charge in [-0.1, -0.05) is 20.8 Å². The predicted octanol–water partition coefficient (Wildman–Crippen LogP) is 2.84. The summed E-state index contributed by atoms with van der Waals surface area (Å²) in [5.74, 6) is 0.167. The summed E-state index contributed by atoms with van der Waals surface area (Å²) in [5.41, 5.74) is -2.30. The molecule has 4 saturated carbocycles. The molecule has 0 bridgehead atoms. The van der Waals surface area contributed by atoms with E-state index >= 15 is 0 Å². The summed E-state index contributed by atoms with van der Waals surface area (Å²) in [6.45, 7) is 7.25. The number of ether oxygens (including phenoxy) is 2. The summed E-state index contributed by atoms with van der Waals surface area (Å²) >= 11 is 0. The SMILES string of the molecule is CC(=O)OCC(=O)[C@@]1(O)[C@H](C)CC2C3CC[C@H]4CC(=O)CC[C@]4(C)[C@@]34O[C@H]4C[C@@]21C. The third kappa shape index (κ3) is 2.25. The van der Waals surface area contributed by atoms with Crippen molar-refractivity contribution in [2.24, 2.45) is 34.5 Å². The number of Topliss-reactive ketones (excluding diaryl/α,β-unsaturated/α-hetero) is 2. The fourth-order valence-corrected chi connectivity index (χ4v) is 8.71. The van der Waals surface area contributed by atoms with E-state index in [4.69, 9.17) is 9.47 Å². The topological polar surface area (TPSA) is 93.2 Å². The Bertz CT molecular complexity index is 823. The van der Waals surface area contributed by atoms with Gasteiger partial charge in [-0.25, -0.2) is 0 Å². The maximum absolute atomic E-state index is 13.1. The Hall–Kier alpha value is -1.27. The van der Waals surface area contributed by atoms with E-state index in [-0.39, 0.29) is 41.3 Å². The van der Waals surface area contributed by atoms with E-state index in [1.54, 1.807) is 0 Å². The molecule has 0 aromatic carbocycles. The fourth-order valence-electron chi connectivity index (χ4n) is 8.71. The average Bonchev–Trinajstić information content (AvgIpc) is 3.36. The van der Waals surface area contributed by atoms with Crippen LogP contribution in [0.15, 0.2) is 0 Å². The van der Waals surface area contributed by atoms with Crippen LogP contribution < -0.4 is 0 Å². The Morgan fingerprint density at radius 3 is 2.63 bits per heavy atom. The first kappa shape index (κ1) is 20.6. The van der Waals surface area contributed by atoms with Gasteiger partial charge in [0, 0.05) is 30.6 Å². The van der Waals surface area contributed by atoms with Crippen molar-refractivity contribution < 1.29 is 29.0 Å². The number of aliphatic hydroxyl groups is 1. The molecule has 6 heteroatoms. The summed E-state index contributed by atoms with van der Waals surface area (Å²) in [5, 5.41) is 11.8. The average molecular weight is 419 g/mol. The molecule has 5 rings (SSSR count). The smallest absolute Gasteiger partial charge is 0.303 e. The van der Waals surface area contributed by atoms with Crippen LogP contribution in [0.4, 0.5) is 0 Å². The predicted molar refractivity (Wildman–Crippen MR) is 107 cm³/mol. The van der Waals surface area contributed by atoms with Gasteiger partial charge < -0.3 is 14.6 Å². The molecular weight excluding hydrogens is 384 g/mol. The molecule has 1 spiro atoms. The second-order valence-corrected chi connectivity index (χ2v) is 11.3. The summed E-state index contributed by atoms with van der Waals surface area (Å²) in [4.78, 5) is 36.5. The van der Waals surface area contributed by atoms with Gasteiger partial charge in [0.25, 0.3) is 0 Å². The van der Waals surface area contributed by atoms with Crippen LogP contribution in [0.3, 0.4) is 0 Å². The highest BCUT2D eigenvalue weighted by molar-refractivity contribution is 5.91. The molecule has 166 valence electrons. The second kappa shape index (κ2) is 6.16. The summed E-state index contributed by atoms with van der Waals surface area (Å²) in [7, 11) is 0. The van der Waals surface area contributed by atoms with E-state index in [1.165, 1.54) is 6.92 Å². The normalized spacial score (nSPS) is 53.8. The van der Waals surface area contributed by atoms with Gasteiger partial charge in [-0.05, 0) is 55.8 Å². The van der Waals surface area contributed by atoms with Crippen LogP contribution in [-0.2, 0) is 23.9 Å². The van der Waals surface area contributed by atoms with Crippen molar-refractivity contribution in [3.63, 3.8) is 0 Å². The van der Waals surface area contributed by atoms with Crippen LogP contribution in [0.1, 0.15) is 72.6 Å². The highest BCUT2D eigenvalue weighted by Crippen LogP contribution is 2.77. The van der Waals surface area contributed by atoms with Gasteiger partial charge in [-0.2, -0.15) is 0 Å². The number of ketones is 2. The van der Waals surface area contributed by atoms with E-state index in [2.05, 4.69) is 13.8 Å². The minimum Gasteiger partial charge on any atom is -0.458 e. The zero-order chi connectivity index (χ0) is 21.7. The Morgan fingerprint density at radius 2 is 1.93 bits per heavy atom. The summed E-state index contributed by atoms with van der Waals surface area (Å²) < 4.78 is 11.5. The van der Waals surface area contributed by atoms with E-state index in [1.807, 2.05) is 6.92 Å². The lowest BCUT2D eigenvalue weighted by molar-refractivity contribution is -0.174. The van der Waals surface area contributed by atoms with Gasteiger partial charge in [0.1, 0.15) is 17.0 Å². The standard InChI is InChI=1S/C24H34O6/c1-13-9-18-17-6-5-15-10-16(26)7-8-21(15,3)24(17)20(30-24)11-22(18,4)23(13,28)19(27)12-29-14(2)25/h13,15,17-18,20,28H,5-12H2,1-4H3/t13-,15+,17?,18?,20+,21+,22+,23+,24-/m1/s1. The maximum atomic E-state index is 13.1. The molecule has 5 fully saturated rings. The Kier molecular flexibility index (Phi) is 4.23. The van der Waals surface area contributed by atoms with Crippen LogP contribution in [0, 0.1) is 34.5 Å². The molecule has 1 saturated heterocycles. The first-order valence-electron chi connectivity index (χ1n) is 11.6. The number of hydrogen-bond donors (Lipinski definition) is 1. The first-order valence-corrected chi connectivity index (χ1v) is 11.6. The number of carbonyl (C=O) groups is 3. The molecule has 0 amide bonds. The molecule has 0 aromatic rings. The van der Waals surface area contributed by atoms with Gasteiger partial charge in [0.2, 0.25) is 5.78 Å². The van der Waals surface area contributed by atoms with E-state index in [9.17, 15) is 19.5 Å². The van der Waals surface area contributed by atoms with Crippen molar-refractivity contribution >= 4 is 17.5 Å². The number of carbonyl (C=O) groups excluding carboxylic acids is 3. The molecule has 1 N–H and O–H groups in total. The lowest BCUT2D eigenvalue weighted by Gasteiger charge is -2.58. The van der Waals surface area contributed by atoms with E-state index in [0.29, 0.717) is 36.9 Å². The number of esters is 1. The fraction of sp³-hybridized carbons (Fsp3) is 0.875. The molecule has 30 heavy (non-hydrogen) atoms. The highest BCUT2D eigenvalue weighted by Gasteiger charge is 2.82. The van der Waals surface area contributed by atoms with Gasteiger partial charge >= 0.3 is 5.97 Å². The zero-order valence-corrected chi connectivity index (χ0v) is 18.5. The Morgan fingerprint density at radius 1 is 1.20 bits per heavy atom. The van der Waals surface area contributed by atoms with Crippen LogP contribution >= 0.6 is 0 Å². The van der Waals surface area contributed by atoms with Crippen molar-refractivity contribution in [2.75, 3.05) is 6.61 Å². The van der Waals surface area contributed by atoms with Crippen molar-refractivity contribution in [2.45, 2.75) is 89.9 Å². The quantitative estimate of drug-likeness (QED) is 0.560. The number of rotatable bonds is 3. The van der Waals surface area contributed by atoms with Crippen molar-refractivity contribution in [3.05, 3.63) is 0 Å². The third-order valence-corrected chi connectivity index (χ3v) is 10.3. The van der Waals surface area contributed by atoms with Crippen molar-refractivity contribution in [1.29, 1.82) is 0 Å². The van der Waals surface area contributed by atoms with Crippen LogP contribution in [-0.4, -0.2) is 46.6 Å². The Balaban J connectivity index is 1.49. The van der Waals surface area contributed by atoms with Crippen LogP contribution in [0.5, 0.6) is 0 Å². The molecule has 0 radical (unpaired) electrons. The van der Waals surface area contributed by atoms with Gasteiger partial charge in [-0.3, -0.25) is 14.4 Å². The molecule has 4 aliphatic carbocycles. The number of hydrogen-bond acceptors (Lipinski definition) is 6. The molecule has 1 heterocycles. The first-order chi connectivity index (χ1) is 14.0.